The van der Waals surface area contributed by atoms with E-state index < -0.39 is 5.54 Å². The summed E-state index contributed by atoms with van der Waals surface area (Å²) in [4.78, 5) is 13.9. The molecular formula is C12H23N3O. The van der Waals surface area contributed by atoms with E-state index in [4.69, 9.17) is 5.73 Å². The molecule has 4 nitrogen and oxygen atoms in total. The molecule has 0 spiro atoms. The lowest BCUT2D eigenvalue weighted by Gasteiger charge is -2.29. The smallest absolute Gasteiger partial charge is 0.237 e. The third-order valence-electron chi connectivity index (χ3n) is 3.78. The first-order valence-corrected chi connectivity index (χ1v) is 6.29. The highest BCUT2D eigenvalue weighted by Crippen LogP contribution is 2.27. The Hall–Kier alpha value is -0.610. The first-order valence-electron chi connectivity index (χ1n) is 6.29. The second kappa shape index (κ2) is 4.34. The average Bonchev–Trinajstić information content (AvgIpc) is 3.05. The van der Waals surface area contributed by atoms with Crippen LogP contribution in [0.3, 0.4) is 0 Å². The van der Waals surface area contributed by atoms with Gasteiger partial charge in [0.05, 0.1) is 5.54 Å². The normalized spacial score (nSPS) is 24.4. The van der Waals surface area contributed by atoms with Crippen LogP contribution in [-0.4, -0.2) is 42.0 Å². The van der Waals surface area contributed by atoms with Crippen molar-refractivity contribution >= 4 is 5.91 Å². The number of amides is 1. The lowest BCUT2D eigenvalue weighted by molar-refractivity contribution is -0.124. The van der Waals surface area contributed by atoms with E-state index in [0.29, 0.717) is 6.04 Å². The topological polar surface area (TPSA) is 58.4 Å². The van der Waals surface area contributed by atoms with Crippen molar-refractivity contribution in [2.75, 3.05) is 13.6 Å². The number of nitrogens with two attached hydrogens (primary N) is 1. The van der Waals surface area contributed by atoms with Crippen LogP contribution in [0.1, 0.15) is 39.0 Å². The molecule has 0 aromatic rings. The number of rotatable bonds is 7. The average molecular weight is 225 g/mol. The summed E-state index contributed by atoms with van der Waals surface area (Å²) in [6.45, 7) is 2.89. The van der Waals surface area contributed by atoms with Crippen LogP contribution in [0.25, 0.3) is 0 Å². The van der Waals surface area contributed by atoms with Crippen molar-refractivity contribution in [1.29, 1.82) is 0 Å². The van der Waals surface area contributed by atoms with Crippen molar-refractivity contribution < 1.29 is 4.79 Å². The SMILES string of the molecule is CN(CCC(C)(NC1CC1)C(N)=O)C1CC1. The molecule has 0 bridgehead atoms. The minimum absolute atomic E-state index is 0.219. The lowest BCUT2D eigenvalue weighted by atomic mass is 9.96. The first-order chi connectivity index (χ1) is 7.51. The molecule has 16 heavy (non-hydrogen) atoms. The van der Waals surface area contributed by atoms with Gasteiger partial charge in [-0.25, -0.2) is 0 Å². The lowest BCUT2D eigenvalue weighted by Crippen LogP contribution is -2.55. The molecule has 1 atom stereocenters. The van der Waals surface area contributed by atoms with Gasteiger partial charge in [0, 0.05) is 18.6 Å². The maximum atomic E-state index is 11.5. The van der Waals surface area contributed by atoms with Crippen molar-refractivity contribution in [3.05, 3.63) is 0 Å². The van der Waals surface area contributed by atoms with E-state index in [9.17, 15) is 4.79 Å². The summed E-state index contributed by atoms with van der Waals surface area (Å²) in [5.74, 6) is -0.219. The highest BCUT2D eigenvalue weighted by molar-refractivity contribution is 5.84. The summed E-state index contributed by atoms with van der Waals surface area (Å²) in [5.41, 5.74) is 4.98. The molecule has 4 heteroatoms. The molecule has 0 aromatic heterocycles. The van der Waals surface area contributed by atoms with E-state index in [2.05, 4.69) is 17.3 Å². The highest BCUT2D eigenvalue weighted by atomic mass is 16.1. The van der Waals surface area contributed by atoms with Gasteiger partial charge < -0.3 is 16.0 Å². The Morgan fingerprint density at radius 1 is 1.44 bits per heavy atom. The van der Waals surface area contributed by atoms with Crippen molar-refractivity contribution in [2.24, 2.45) is 5.73 Å². The van der Waals surface area contributed by atoms with Crippen molar-refractivity contribution in [2.45, 2.75) is 56.7 Å². The van der Waals surface area contributed by atoms with Crippen LogP contribution < -0.4 is 11.1 Å². The van der Waals surface area contributed by atoms with Crippen LogP contribution in [0.2, 0.25) is 0 Å². The van der Waals surface area contributed by atoms with Crippen LogP contribution in [-0.2, 0) is 4.79 Å². The van der Waals surface area contributed by atoms with Crippen molar-refractivity contribution in [1.82, 2.24) is 10.2 Å². The fourth-order valence-electron chi connectivity index (χ4n) is 2.04. The number of primary amides is 1. The second-order valence-electron chi connectivity index (χ2n) is 5.58. The van der Waals surface area contributed by atoms with Gasteiger partial charge >= 0.3 is 0 Å². The number of hydrogen-bond acceptors (Lipinski definition) is 3. The minimum Gasteiger partial charge on any atom is -0.368 e. The van der Waals surface area contributed by atoms with Gasteiger partial charge in [0.1, 0.15) is 0 Å². The largest absolute Gasteiger partial charge is 0.368 e. The van der Waals surface area contributed by atoms with Gasteiger partial charge in [-0.2, -0.15) is 0 Å². The van der Waals surface area contributed by atoms with E-state index in [1.165, 1.54) is 25.7 Å². The number of nitrogens with zero attached hydrogens (tertiary/aromatic N) is 1. The third kappa shape index (κ3) is 2.95. The summed E-state index contributed by atoms with van der Waals surface area (Å²) in [6.07, 6.45) is 5.79. The number of carbonyl (C=O) groups excluding carboxylic acids is 1. The van der Waals surface area contributed by atoms with E-state index in [-0.39, 0.29) is 5.91 Å². The molecule has 0 heterocycles. The van der Waals surface area contributed by atoms with Crippen LogP contribution in [0, 0.1) is 0 Å². The molecular weight excluding hydrogens is 202 g/mol. The summed E-state index contributed by atoms with van der Waals surface area (Å²) >= 11 is 0. The molecule has 0 aliphatic heterocycles. The van der Waals surface area contributed by atoms with Gasteiger partial charge in [-0.1, -0.05) is 0 Å². The Morgan fingerprint density at radius 3 is 2.50 bits per heavy atom. The quantitative estimate of drug-likeness (QED) is 0.662. The Labute approximate surface area is 97.6 Å². The zero-order valence-electron chi connectivity index (χ0n) is 10.3. The fourth-order valence-corrected chi connectivity index (χ4v) is 2.04. The molecule has 0 saturated heterocycles. The molecule has 2 rings (SSSR count). The maximum Gasteiger partial charge on any atom is 0.237 e. The van der Waals surface area contributed by atoms with Crippen LogP contribution in [0.15, 0.2) is 0 Å². The van der Waals surface area contributed by atoms with Gasteiger partial charge in [0.15, 0.2) is 0 Å². The van der Waals surface area contributed by atoms with Gasteiger partial charge in [0.25, 0.3) is 0 Å². The standard InChI is InChI=1S/C12H23N3O/c1-12(11(13)16,14-9-3-4-9)7-8-15(2)10-5-6-10/h9-10,14H,3-8H2,1-2H3,(H2,13,16). The van der Waals surface area contributed by atoms with E-state index in [1.807, 2.05) is 6.92 Å². The summed E-state index contributed by atoms with van der Waals surface area (Å²) < 4.78 is 0. The van der Waals surface area contributed by atoms with Crippen LogP contribution in [0.5, 0.6) is 0 Å². The zero-order valence-corrected chi connectivity index (χ0v) is 10.3. The second-order valence-corrected chi connectivity index (χ2v) is 5.58. The Kier molecular flexibility index (Phi) is 3.22. The summed E-state index contributed by atoms with van der Waals surface area (Å²) in [5, 5.41) is 3.38. The van der Waals surface area contributed by atoms with Crippen molar-refractivity contribution in [3.8, 4) is 0 Å². The molecule has 3 N–H and O–H groups in total. The molecule has 92 valence electrons. The Bertz CT molecular complexity index is 273. The molecule has 1 unspecified atom stereocenters. The Balaban J connectivity index is 1.82. The molecule has 2 aliphatic carbocycles. The Morgan fingerprint density at radius 2 is 2.06 bits per heavy atom. The van der Waals surface area contributed by atoms with E-state index >= 15 is 0 Å². The molecule has 1 amide bonds. The molecule has 0 aromatic carbocycles. The summed E-state index contributed by atoms with van der Waals surface area (Å²) in [7, 11) is 2.14. The monoisotopic (exact) mass is 225 g/mol. The van der Waals surface area contributed by atoms with Gasteiger partial charge in [0.2, 0.25) is 5.91 Å². The van der Waals surface area contributed by atoms with E-state index in [0.717, 1.165) is 19.0 Å². The predicted molar refractivity (Wildman–Crippen MR) is 64.0 cm³/mol. The van der Waals surface area contributed by atoms with Crippen LogP contribution in [0.4, 0.5) is 0 Å². The van der Waals surface area contributed by atoms with Crippen LogP contribution >= 0.6 is 0 Å². The maximum absolute atomic E-state index is 11.5. The summed E-state index contributed by atoms with van der Waals surface area (Å²) in [6, 6.07) is 1.27. The first kappa shape index (κ1) is 11.9. The zero-order chi connectivity index (χ0) is 11.8. The molecule has 0 radical (unpaired) electrons. The third-order valence-corrected chi connectivity index (χ3v) is 3.78. The predicted octanol–water partition coefficient (Wildman–Crippen LogP) is 0.467. The highest BCUT2D eigenvalue weighted by Gasteiger charge is 2.37. The molecule has 2 aliphatic rings. The molecule has 2 fully saturated rings. The van der Waals surface area contributed by atoms with Gasteiger partial charge in [-0.3, -0.25) is 4.79 Å². The number of nitrogens with one attached hydrogen (secondary N) is 1. The van der Waals surface area contributed by atoms with Gasteiger partial charge in [-0.05, 0) is 46.1 Å². The minimum atomic E-state index is -0.523. The van der Waals surface area contributed by atoms with E-state index in [1.54, 1.807) is 0 Å². The molecule has 2 saturated carbocycles. The number of hydrogen-bond donors (Lipinski definition) is 2. The van der Waals surface area contributed by atoms with Crippen molar-refractivity contribution in [3.63, 3.8) is 0 Å². The van der Waals surface area contributed by atoms with Gasteiger partial charge in [-0.15, -0.1) is 0 Å². The fraction of sp³-hybridized carbons (Fsp3) is 0.917. The number of carbonyl (C=O) groups is 1.